The zero-order chi connectivity index (χ0) is 19.4. The van der Waals surface area contributed by atoms with Crippen molar-refractivity contribution in [3.8, 4) is 0 Å². The molecule has 0 spiro atoms. The first-order chi connectivity index (χ1) is 13.0. The number of hydrogen-bond acceptors (Lipinski definition) is 7. The maximum Gasteiger partial charge on any atom is 0.333 e. The maximum atomic E-state index is 13.1. The molecule has 1 aromatic rings. The summed E-state index contributed by atoms with van der Waals surface area (Å²) in [5.41, 5.74) is 5.41. The largest absolute Gasteiger partial charge is 0.383 e. The van der Waals surface area contributed by atoms with E-state index in [1.54, 1.807) is 4.90 Å². The lowest BCUT2D eigenvalue weighted by atomic mass is 10.3. The second-order valence-corrected chi connectivity index (χ2v) is 6.65. The first-order valence-electron chi connectivity index (χ1n) is 9.36. The van der Waals surface area contributed by atoms with Crippen LogP contribution in [0.4, 0.5) is 11.5 Å². The third-order valence-electron chi connectivity index (χ3n) is 4.87. The summed E-state index contributed by atoms with van der Waals surface area (Å²) in [5, 5.41) is 0. The van der Waals surface area contributed by atoms with Crippen LogP contribution in [0.15, 0.2) is 9.59 Å². The number of nitrogen functional groups attached to an aromatic ring is 1. The molecule has 0 unspecified atom stereocenters. The van der Waals surface area contributed by atoms with Crippen molar-refractivity contribution < 1.29 is 14.3 Å². The predicted molar refractivity (Wildman–Crippen MR) is 100 cm³/mol. The van der Waals surface area contributed by atoms with Gasteiger partial charge in [-0.2, -0.15) is 0 Å². The van der Waals surface area contributed by atoms with E-state index in [0.29, 0.717) is 65.6 Å². The fourth-order valence-electron chi connectivity index (χ4n) is 3.41. The first kappa shape index (κ1) is 19.4. The van der Waals surface area contributed by atoms with Crippen LogP contribution in [0.1, 0.15) is 13.3 Å². The van der Waals surface area contributed by atoms with Gasteiger partial charge in [0, 0.05) is 32.7 Å². The number of carbonyl (C=O) groups excluding carboxylic acids is 1. The van der Waals surface area contributed by atoms with Gasteiger partial charge in [-0.1, -0.05) is 6.92 Å². The third-order valence-corrected chi connectivity index (χ3v) is 4.87. The van der Waals surface area contributed by atoms with Gasteiger partial charge in [-0.25, -0.2) is 9.36 Å². The van der Waals surface area contributed by atoms with E-state index in [-0.39, 0.29) is 24.0 Å². The normalized spacial score (nSPS) is 18.0. The highest BCUT2D eigenvalue weighted by atomic mass is 16.5. The Morgan fingerprint density at radius 1 is 1.00 bits per heavy atom. The summed E-state index contributed by atoms with van der Waals surface area (Å²) < 4.78 is 13.0. The van der Waals surface area contributed by atoms with Crippen LogP contribution in [0.25, 0.3) is 0 Å². The lowest BCUT2D eigenvalue weighted by molar-refractivity contribution is -0.136. The van der Waals surface area contributed by atoms with Crippen LogP contribution in [-0.4, -0.2) is 72.5 Å². The van der Waals surface area contributed by atoms with E-state index >= 15 is 0 Å². The minimum Gasteiger partial charge on any atom is -0.383 e. The average molecular weight is 381 g/mol. The monoisotopic (exact) mass is 381 g/mol. The molecule has 3 heterocycles. The van der Waals surface area contributed by atoms with Crippen LogP contribution in [0.3, 0.4) is 0 Å². The van der Waals surface area contributed by atoms with Crippen molar-refractivity contribution in [3.63, 3.8) is 0 Å². The van der Waals surface area contributed by atoms with Gasteiger partial charge in [0.05, 0.1) is 26.4 Å². The molecule has 1 aromatic heterocycles. The summed E-state index contributed by atoms with van der Waals surface area (Å²) in [6.45, 7) is 5.86. The summed E-state index contributed by atoms with van der Waals surface area (Å²) in [4.78, 5) is 42.0. The number of rotatable bonds is 5. The van der Waals surface area contributed by atoms with Crippen molar-refractivity contribution in [1.29, 1.82) is 0 Å². The number of ether oxygens (including phenoxy) is 2. The van der Waals surface area contributed by atoms with Crippen molar-refractivity contribution in [2.75, 3.05) is 63.2 Å². The lowest BCUT2D eigenvalue weighted by Gasteiger charge is -2.31. The Labute approximate surface area is 157 Å². The van der Waals surface area contributed by atoms with Crippen LogP contribution in [0.5, 0.6) is 0 Å². The molecule has 0 atom stereocenters. The van der Waals surface area contributed by atoms with E-state index in [9.17, 15) is 14.4 Å². The molecule has 2 saturated heterocycles. The van der Waals surface area contributed by atoms with E-state index in [2.05, 4.69) is 0 Å². The smallest absolute Gasteiger partial charge is 0.333 e. The summed E-state index contributed by atoms with van der Waals surface area (Å²) in [7, 11) is 0. The van der Waals surface area contributed by atoms with Crippen LogP contribution in [0, 0.1) is 0 Å². The van der Waals surface area contributed by atoms with Gasteiger partial charge in [0.2, 0.25) is 5.91 Å². The Hall–Kier alpha value is -2.33. The quantitative estimate of drug-likeness (QED) is 0.674. The standard InChI is InChI=1S/C17H27N5O5/c1-2-3-21-15(18)14(20-6-10-27-11-7-20)16(24)22(17(21)25)12-13(23)19-4-8-26-9-5-19/h2-12,18H2,1H3. The number of morpholine rings is 2. The van der Waals surface area contributed by atoms with Gasteiger partial charge in [0.1, 0.15) is 18.1 Å². The highest BCUT2D eigenvalue weighted by Crippen LogP contribution is 2.18. The molecule has 0 radical (unpaired) electrons. The lowest BCUT2D eigenvalue weighted by Crippen LogP contribution is -2.50. The van der Waals surface area contributed by atoms with Gasteiger partial charge in [-0.15, -0.1) is 0 Å². The number of aromatic nitrogens is 2. The summed E-state index contributed by atoms with van der Waals surface area (Å²) >= 11 is 0. The molecular formula is C17H27N5O5. The van der Waals surface area contributed by atoms with Gasteiger partial charge in [-0.05, 0) is 6.42 Å². The molecule has 0 saturated carbocycles. The van der Waals surface area contributed by atoms with E-state index in [0.717, 1.165) is 4.57 Å². The highest BCUT2D eigenvalue weighted by molar-refractivity contribution is 5.76. The van der Waals surface area contributed by atoms with Crippen LogP contribution in [-0.2, 0) is 27.4 Å². The molecule has 2 aliphatic rings. The topological polar surface area (TPSA) is 112 Å². The third kappa shape index (κ3) is 4.01. The Morgan fingerprint density at radius 2 is 1.59 bits per heavy atom. The molecule has 0 bridgehead atoms. The number of anilines is 2. The molecule has 150 valence electrons. The molecule has 2 fully saturated rings. The van der Waals surface area contributed by atoms with Crippen molar-refractivity contribution in [3.05, 3.63) is 20.8 Å². The van der Waals surface area contributed by atoms with Crippen molar-refractivity contribution in [2.45, 2.75) is 26.4 Å². The number of hydrogen-bond donors (Lipinski definition) is 1. The maximum absolute atomic E-state index is 13.1. The summed E-state index contributed by atoms with van der Waals surface area (Å²) in [6, 6.07) is 0. The minimum atomic E-state index is -0.544. The van der Waals surface area contributed by atoms with Crippen LogP contribution < -0.4 is 21.9 Å². The molecular weight excluding hydrogens is 354 g/mol. The fourth-order valence-corrected chi connectivity index (χ4v) is 3.41. The molecule has 2 aliphatic heterocycles. The minimum absolute atomic E-state index is 0.156. The summed E-state index contributed by atoms with van der Waals surface area (Å²) in [5.74, 6) is -0.109. The highest BCUT2D eigenvalue weighted by Gasteiger charge is 2.25. The van der Waals surface area contributed by atoms with Crippen molar-refractivity contribution >= 4 is 17.4 Å². The van der Waals surface area contributed by atoms with Gasteiger partial charge < -0.3 is 25.0 Å². The fraction of sp³-hybridized carbons (Fsp3) is 0.706. The first-order valence-corrected chi connectivity index (χ1v) is 9.36. The van der Waals surface area contributed by atoms with Crippen LogP contribution >= 0.6 is 0 Å². The second kappa shape index (κ2) is 8.57. The van der Waals surface area contributed by atoms with Gasteiger partial charge in [0.15, 0.2) is 0 Å². The van der Waals surface area contributed by atoms with E-state index in [1.165, 1.54) is 4.57 Å². The molecule has 0 aromatic carbocycles. The Kier molecular flexibility index (Phi) is 6.17. The Morgan fingerprint density at radius 3 is 2.19 bits per heavy atom. The van der Waals surface area contributed by atoms with E-state index < -0.39 is 11.2 Å². The van der Waals surface area contributed by atoms with Gasteiger partial charge in [-0.3, -0.25) is 14.2 Å². The van der Waals surface area contributed by atoms with Crippen molar-refractivity contribution in [1.82, 2.24) is 14.0 Å². The van der Waals surface area contributed by atoms with E-state index in [1.807, 2.05) is 11.8 Å². The molecule has 27 heavy (non-hydrogen) atoms. The van der Waals surface area contributed by atoms with E-state index in [4.69, 9.17) is 15.2 Å². The number of carbonyl (C=O) groups is 1. The molecule has 10 nitrogen and oxygen atoms in total. The number of amides is 1. The van der Waals surface area contributed by atoms with Crippen molar-refractivity contribution in [2.24, 2.45) is 0 Å². The molecule has 3 rings (SSSR count). The zero-order valence-electron chi connectivity index (χ0n) is 15.7. The average Bonchev–Trinajstić information content (AvgIpc) is 2.70. The Balaban J connectivity index is 2.00. The summed E-state index contributed by atoms with van der Waals surface area (Å²) in [6.07, 6.45) is 0.683. The van der Waals surface area contributed by atoms with Crippen LogP contribution in [0.2, 0.25) is 0 Å². The predicted octanol–water partition coefficient (Wildman–Crippen LogP) is -1.30. The second-order valence-electron chi connectivity index (χ2n) is 6.65. The molecule has 1 amide bonds. The molecule has 2 N–H and O–H groups in total. The van der Waals surface area contributed by atoms with Gasteiger partial charge >= 0.3 is 5.69 Å². The zero-order valence-corrected chi connectivity index (χ0v) is 15.7. The van der Waals surface area contributed by atoms with Gasteiger partial charge in [0.25, 0.3) is 5.56 Å². The SMILES string of the molecule is CCCn1c(N)c(N2CCOCC2)c(=O)n(CC(=O)N2CCOCC2)c1=O. The Bertz CT molecular complexity index is 790. The number of nitrogens with zero attached hydrogens (tertiary/aromatic N) is 4. The molecule has 0 aliphatic carbocycles. The number of nitrogens with two attached hydrogens (primary N) is 1. The molecule has 10 heteroatoms.